The van der Waals surface area contributed by atoms with Gasteiger partial charge in [0.2, 0.25) is 15.9 Å². The van der Waals surface area contributed by atoms with Crippen molar-refractivity contribution in [3.8, 4) is 0 Å². The van der Waals surface area contributed by atoms with Crippen molar-refractivity contribution in [1.82, 2.24) is 9.29 Å². The molecule has 2 rings (SSSR count). The number of nitrogens with one attached hydrogen (secondary N) is 1. The van der Waals surface area contributed by atoms with Crippen LogP contribution in [0.1, 0.15) is 31.7 Å². The molecule has 6 nitrogen and oxygen atoms in total. The molecule has 0 aliphatic heterocycles. The highest BCUT2D eigenvalue weighted by atomic mass is 32.2. The van der Waals surface area contributed by atoms with E-state index < -0.39 is 39.1 Å². The molecule has 0 saturated heterocycles. The number of amides is 1. The number of carbonyl (C=O) groups excluding carboxylic acids is 1. The normalized spacial score (nSPS) is 12.3. The molecule has 1 heterocycles. The molecule has 0 atom stereocenters. The highest BCUT2D eigenvalue weighted by Gasteiger charge is 2.33. The third-order valence-corrected chi connectivity index (χ3v) is 6.34. The number of thiazole rings is 1. The molecule has 0 unspecified atom stereocenters. The van der Waals surface area contributed by atoms with Crippen LogP contribution in [0.5, 0.6) is 0 Å². The minimum absolute atomic E-state index is 0.0255. The lowest BCUT2D eigenvalue weighted by atomic mass is 10.2. The molecule has 0 aliphatic carbocycles. The molecule has 0 aliphatic rings. The third-order valence-electron chi connectivity index (χ3n) is 3.81. The van der Waals surface area contributed by atoms with Crippen molar-refractivity contribution >= 4 is 32.4 Å². The van der Waals surface area contributed by atoms with Gasteiger partial charge in [0.1, 0.15) is 0 Å². The number of hydrogen-bond donors (Lipinski definition) is 1. The second kappa shape index (κ2) is 9.48. The fourth-order valence-electron chi connectivity index (χ4n) is 2.41. The highest BCUT2D eigenvalue weighted by Crippen LogP contribution is 2.31. The minimum Gasteiger partial charge on any atom is -0.301 e. The van der Waals surface area contributed by atoms with Crippen LogP contribution in [-0.4, -0.2) is 36.7 Å². The van der Waals surface area contributed by atoms with E-state index in [1.54, 1.807) is 5.38 Å². The van der Waals surface area contributed by atoms with Crippen molar-refractivity contribution in [2.45, 2.75) is 37.3 Å². The van der Waals surface area contributed by atoms with Crippen molar-refractivity contribution < 1.29 is 26.4 Å². The van der Waals surface area contributed by atoms with Crippen molar-refractivity contribution in [2.75, 3.05) is 18.4 Å². The molecule has 0 fully saturated rings. The molecule has 1 aromatic heterocycles. The van der Waals surface area contributed by atoms with Gasteiger partial charge >= 0.3 is 6.18 Å². The standard InChI is InChI=1S/C17H20F3N3O3S2/c1-2-3-4-9-23(12-15(24)22-16-21-8-10-27-16)28(25,26)14-7-5-6-13(11-14)17(18,19)20/h5-8,10-11H,2-4,9,12H2,1H3,(H,21,22,24). The number of hydrogen-bond acceptors (Lipinski definition) is 5. The Morgan fingerprint density at radius 2 is 2.04 bits per heavy atom. The molecule has 0 saturated carbocycles. The molecule has 0 bridgehead atoms. The topological polar surface area (TPSA) is 79.4 Å². The fraction of sp³-hybridized carbons (Fsp3) is 0.412. The lowest BCUT2D eigenvalue weighted by molar-refractivity contribution is -0.137. The summed E-state index contributed by atoms with van der Waals surface area (Å²) in [5.74, 6) is -0.609. The second-order valence-corrected chi connectivity index (χ2v) is 8.79. The SMILES string of the molecule is CCCCCN(CC(=O)Nc1nccs1)S(=O)(=O)c1cccc(C(F)(F)F)c1. The number of carbonyl (C=O) groups is 1. The number of rotatable bonds is 9. The summed E-state index contributed by atoms with van der Waals surface area (Å²) in [6, 6.07) is 3.52. The van der Waals surface area contributed by atoms with Crippen LogP contribution in [0.2, 0.25) is 0 Å². The van der Waals surface area contributed by atoms with Gasteiger partial charge in [-0.3, -0.25) is 4.79 Å². The molecule has 28 heavy (non-hydrogen) atoms. The Bertz CT molecular complexity index is 885. The molecule has 154 valence electrons. The molecule has 11 heteroatoms. The average Bonchev–Trinajstić information content (AvgIpc) is 3.13. The van der Waals surface area contributed by atoms with E-state index in [0.717, 1.165) is 35.3 Å². The number of benzene rings is 1. The number of halogens is 3. The Balaban J connectivity index is 2.26. The summed E-state index contributed by atoms with van der Waals surface area (Å²) in [5.41, 5.74) is -1.06. The molecule has 1 aromatic carbocycles. The van der Waals surface area contributed by atoms with Crippen LogP contribution in [-0.2, 0) is 21.0 Å². The van der Waals surface area contributed by atoms with E-state index in [0.29, 0.717) is 17.6 Å². The summed E-state index contributed by atoms with van der Waals surface area (Å²) < 4.78 is 65.6. The summed E-state index contributed by atoms with van der Waals surface area (Å²) in [7, 11) is -4.28. The Morgan fingerprint density at radius 3 is 2.64 bits per heavy atom. The third kappa shape index (κ3) is 6.01. The molecular formula is C17H20F3N3O3S2. The van der Waals surface area contributed by atoms with Gasteiger partial charge in [0.15, 0.2) is 5.13 Å². The molecule has 0 spiro atoms. The van der Waals surface area contributed by atoms with Crippen molar-refractivity contribution in [1.29, 1.82) is 0 Å². The Kier molecular flexibility index (Phi) is 7.55. The number of anilines is 1. The first-order valence-corrected chi connectivity index (χ1v) is 10.8. The van der Waals surface area contributed by atoms with E-state index in [1.165, 1.54) is 17.5 Å². The molecule has 1 N–H and O–H groups in total. The van der Waals surface area contributed by atoms with Gasteiger partial charge in [0, 0.05) is 18.1 Å². The van der Waals surface area contributed by atoms with Gasteiger partial charge in [0.25, 0.3) is 0 Å². The Labute approximate surface area is 165 Å². The summed E-state index contributed by atoms with van der Waals surface area (Å²) in [5, 5.41) is 4.45. The lowest BCUT2D eigenvalue weighted by Gasteiger charge is -2.22. The highest BCUT2D eigenvalue weighted by molar-refractivity contribution is 7.89. The van der Waals surface area contributed by atoms with E-state index in [-0.39, 0.29) is 6.54 Å². The predicted molar refractivity (Wildman–Crippen MR) is 100 cm³/mol. The summed E-state index contributed by atoms with van der Waals surface area (Å²) in [6.45, 7) is 1.44. The first-order chi connectivity index (χ1) is 13.1. The number of alkyl halides is 3. The molecule has 0 radical (unpaired) electrons. The second-order valence-electron chi connectivity index (χ2n) is 5.96. The van der Waals surface area contributed by atoms with Gasteiger partial charge in [-0.05, 0) is 24.6 Å². The zero-order valence-electron chi connectivity index (χ0n) is 15.1. The first kappa shape index (κ1) is 22.3. The minimum atomic E-state index is -4.67. The van der Waals surface area contributed by atoms with Crippen LogP contribution in [0, 0.1) is 0 Å². The zero-order valence-corrected chi connectivity index (χ0v) is 16.7. The molecular weight excluding hydrogens is 415 g/mol. The van der Waals surface area contributed by atoms with E-state index in [2.05, 4.69) is 10.3 Å². The molecule has 2 aromatic rings. The van der Waals surface area contributed by atoms with Crippen molar-refractivity contribution in [2.24, 2.45) is 0 Å². The maximum absolute atomic E-state index is 12.9. The van der Waals surface area contributed by atoms with Gasteiger partial charge in [0.05, 0.1) is 17.0 Å². The fourth-order valence-corrected chi connectivity index (χ4v) is 4.43. The summed E-state index contributed by atoms with van der Waals surface area (Å²) in [4.78, 5) is 15.6. The largest absolute Gasteiger partial charge is 0.416 e. The van der Waals surface area contributed by atoms with Gasteiger partial charge < -0.3 is 5.32 Å². The van der Waals surface area contributed by atoms with Gasteiger partial charge in [-0.15, -0.1) is 11.3 Å². The average molecular weight is 435 g/mol. The first-order valence-electron chi connectivity index (χ1n) is 8.51. The number of unbranched alkanes of at least 4 members (excludes halogenated alkanes) is 2. The zero-order chi connectivity index (χ0) is 20.8. The van der Waals surface area contributed by atoms with E-state index in [4.69, 9.17) is 0 Å². The van der Waals surface area contributed by atoms with E-state index in [9.17, 15) is 26.4 Å². The monoisotopic (exact) mass is 435 g/mol. The Hall–Kier alpha value is -1.98. The van der Waals surface area contributed by atoms with Crippen molar-refractivity contribution in [3.63, 3.8) is 0 Å². The maximum Gasteiger partial charge on any atom is 0.416 e. The van der Waals surface area contributed by atoms with Gasteiger partial charge in [-0.25, -0.2) is 13.4 Å². The van der Waals surface area contributed by atoms with Gasteiger partial charge in [-0.2, -0.15) is 17.5 Å². The number of aromatic nitrogens is 1. The Morgan fingerprint density at radius 1 is 1.29 bits per heavy atom. The lowest BCUT2D eigenvalue weighted by Crippen LogP contribution is -2.38. The predicted octanol–water partition coefficient (Wildman–Crippen LogP) is 3.98. The van der Waals surface area contributed by atoms with Crippen LogP contribution in [0.3, 0.4) is 0 Å². The maximum atomic E-state index is 12.9. The van der Waals surface area contributed by atoms with E-state index >= 15 is 0 Å². The summed E-state index contributed by atoms with van der Waals surface area (Å²) in [6.07, 6.45) is -1.15. The smallest absolute Gasteiger partial charge is 0.301 e. The summed E-state index contributed by atoms with van der Waals surface area (Å²) >= 11 is 1.17. The van der Waals surface area contributed by atoms with E-state index in [1.807, 2.05) is 6.92 Å². The van der Waals surface area contributed by atoms with Crippen molar-refractivity contribution in [3.05, 3.63) is 41.4 Å². The number of sulfonamides is 1. The van der Waals surface area contributed by atoms with Gasteiger partial charge in [-0.1, -0.05) is 25.8 Å². The van der Waals surface area contributed by atoms with Crippen LogP contribution < -0.4 is 5.32 Å². The van der Waals surface area contributed by atoms with Crippen LogP contribution in [0.4, 0.5) is 18.3 Å². The van der Waals surface area contributed by atoms with Crippen LogP contribution >= 0.6 is 11.3 Å². The quantitative estimate of drug-likeness (QED) is 0.604. The molecule has 1 amide bonds. The number of nitrogens with zero attached hydrogens (tertiary/aromatic N) is 2. The van der Waals surface area contributed by atoms with Crippen LogP contribution in [0.25, 0.3) is 0 Å². The van der Waals surface area contributed by atoms with Crippen LogP contribution in [0.15, 0.2) is 40.7 Å².